The van der Waals surface area contributed by atoms with Gasteiger partial charge in [-0.3, -0.25) is 0 Å². The highest BCUT2D eigenvalue weighted by molar-refractivity contribution is 5.68. The highest BCUT2D eigenvalue weighted by atomic mass is 19.3. The van der Waals surface area contributed by atoms with Crippen LogP contribution in [-0.2, 0) is 11.3 Å². The lowest BCUT2D eigenvalue weighted by atomic mass is 9.75. The second kappa shape index (κ2) is 5.83. The van der Waals surface area contributed by atoms with Gasteiger partial charge in [-0.2, -0.15) is 0 Å². The maximum absolute atomic E-state index is 14.2. The van der Waals surface area contributed by atoms with Crippen LogP contribution in [0.3, 0.4) is 0 Å². The van der Waals surface area contributed by atoms with Crippen molar-refractivity contribution in [2.24, 2.45) is 5.41 Å². The number of likely N-dealkylation sites (tertiary alicyclic amines) is 1. The number of piperidine rings is 1. The van der Waals surface area contributed by atoms with Crippen LogP contribution in [-0.4, -0.2) is 43.1 Å². The monoisotopic (exact) mass is 310 g/mol. The second-order valence-electron chi connectivity index (χ2n) is 6.12. The van der Waals surface area contributed by atoms with E-state index in [2.05, 4.69) is 5.32 Å². The molecule has 3 rings (SSSR count). The lowest BCUT2D eigenvalue weighted by Gasteiger charge is -2.41. The summed E-state index contributed by atoms with van der Waals surface area (Å²) in [4.78, 5) is 13.5. The molecule has 6 heteroatoms. The number of hydrogen-bond acceptors (Lipinski definition) is 3. The first-order valence-electron chi connectivity index (χ1n) is 7.57. The Bertz CT molecular complexity index is 538. The summed E-state index contributed by atoms with van der Waals surface area (Å²) < 4.78 is 33.7. The number of hydrogen-bond donors (Lipinski definition) is 1. The summed E-state index contributed by atoms with van der Waals surface area (Å²) in [6.07, 6.45) is 0.222. The molecule has 1 unspecified atom stereocenters. The van der Waals surface area contributed by atoms with Crippen LogP contribution >= 0.6 is 0 Å². The number of carbonyl (C=O) groups is 1. The van der Waals surface area contributed by atoms with Gasteiger partial charge in [0.15, 0.2) is 0 Å². The Labute approximate surface area is 128 Å². The molecule has 1 aromatic carbocycles. The number of alkyl halides is 2. The number of benzene rings is 1. The van der Waals surface area contributed by atoms with Crippen molar-refractivity contribution in [3.8, 4) is 0 Å². The molecule has 0 radical (unpaired) electrons. The lowest BCUT2D eigenvalue weighted by Crippen LogP contribution is -2.55. The molecule has 1 amide bonds. The van der Waals surface area contributed by atoms with Crippen LogP contribution in [0.2, 0.25) is 0 Å². The number of carbonyl (C=O) groups excluding carboxylic acids is 1. The smallest absolute Gasteiger partial charge is 0.410 e. The third-order valence-electron chi connectivity index (χ3n) is 4.72. The summed E-state index contributed by atoms with van der Waals surface area (Å²) in [5.41, 5.74) is -0.207. The molecule has 2 aliphatic rings. The average Bonchev–Trinajstić information content (AvgIpc) is 2.95. The average molecular weight is 310 g/mol. The molecule has 1 aromatic rings. The van der Waals surface area contributed by atoms with Crippen LogP contribution in [0.1, 0.15) is 18.4 Å². The maximum atomic E-state index is 14.2. The number of amides is 1. The van der Waals surface area contributed by atoms with Crippen molar-refractivity contribution in [1.82, 2.24) is 10.2 Å². The SMILES string of the molecule is O=C(OCc1ccccc1)N1CCC2(CCNCC2(F)F)C1. The van der Waals surface area contributed by atoms with Crippen LogP contribution < -0.4 is 5.32 Å². The zero-order valence-electron chi connectivity index (χ0n) is 12.4. The van der Waals surface area contributed by atoms with E-state index >= 15 is 0 Å². The van der Waals surface area contributed by atoms with E-state index in [1.165, 1.54) is 4.90 Å². The van der Waals surface area contributed by atoms with E-state index in [9.17, 15) is 13.6 Å². The topological polar surface area (TPSA) is 41.6 Å². The number of ether oxygens (including phenoxy) is 1. The molecule has 4 nitrogen and oxygen atoms in total. The van der Waals surface area contributed by atoms with Gasteiger partial charge in [0.25, 0.3) is 5.92 Å². The first kappa shape index (κ1) is 15.2. The first-order chi connectivity index (χ1) is 10.5. The quantitative estimate of drug-likeness (QED) is 0.913. The molecule has 1 spiro atoms. The highest BCUT2D eigenvalue weighted by Crippen LogP contribution is 2.48. The van der Waals surface area contributed by atoms with Gasteiger partial charge in [0.2, 0.25) is 0 Å². The van der Waals surface area contributed by atoms with E-state index < -0.39 is 17.4 Å². The molecule has 0 bridgehead atoms. The van der Waals surface area contributed by atoms with Gasteiger partial charge in [0.05, 0.1) is 12.0 Å². The largest absolute Gasteiger partial charge is 0.445 e. The minimum absolute atomic E-state index is 0.0787. The third kappa shape index (κ3) is 2.79. The Morgan fingerprint density at radius 2 is 2.05 bits per heavy atom. The molecule has 1 N–H and O–H groups in total. The fourth-order valence-electron chi connectivity index (χ4n) is 3.28. The second-order valence-corrected chi connectivity index (χ2v) is 6.12. The number of nitrogens with one attached hydrogen (secondary N) is 1. The van der Waals surface area contributed by atoms with Gasteiger partial charge >= 0.3 is 6.09 Å². The van der Waals surface area contributed by atoms with Crippen molar-refractivity contribution < 1.29 is 18.3 Å². The maximum Gasteiger partial charge on any atom is 0.410 e. The summed E-state index contributed by atoms with van der Waals surface area (Å²) >= 11 is 0. The van der Waals surface area contributed by atoms with Crippen molar-refractivity contribution in [3.05, 3.63) is 35.9 Å². The van der Waals surface area contributed by atoms with Gasteiger partial charge in [-0.25, -0.2) is 13.6 Å². The van der Waals surface area contributed by atoms with Crippen molar-refractivity contribution in [1.29, 1.82) is 0 Å². The van der Waals surface area contributed by atoms with Gasteiger partial charge in [0.1, 0.15) is 6.61 Å². The molecule has 1 atom stereocenters. The number of nitrogens with zero attached hydrogens (tertiary/aromatic N) is 1. The molecule has 2 heterocycles. The Morgan fingerprint density at radius 1 is 1.27 bits per heavy atom. The molecule has 120 valence electrons. The lowest BCUT2D eigenvalue weighted by molar-refractivity contribution is -0.132. The van der Waals surface area contributed by atoms with Crippen molar-refractivity contribution >= 4 is 6.09 Å². The van der Waals surface area contributed by atoms with Gasteiger partial charge in [-0.15, -0.1) is 0 Å². The van der Waals surface area contributed by atoms with Crippen LogP contribution in [0.5, 0.6) is 0 Å². The summed E-state index contributed by atoms with van der Waals surface area (Å²) in [5.74, 6) is -2.78. The van der Waals surface area contributed by atoms with E-state index in [4.69, 9.17) is 4.74 Å². The third-order valence-corrected chi connectivity index (χ3v) is 4.72. The van der Waals surface area contributed by atoms with Crippen molar-refractivity contribution in [2.45, 2.75) is 25.4 Å². The Hall–Kier alpha value is -1.69. The molecular formula is C16H20F2N2O2. The fraction of sp³-hybridized carbons (Fsp3) is 0.562. The predicted octanol–water partition coefficient (Wildman–Crippen LogP) is 2.64. The van der Waals surface area contributed by atoms with Gasteiger partial charge in [0, 0.05) is 13.1 Å². The molecule has 2 saturated heterocycles. The van der Waals surface area contributed by atoms with Crippen molar-refractivity contribution in [3.63, 3.8) is 0 Å². The predicted molar refractivity (Wildman–Crippen MR) is 77.7 cm³/mol. The summed E-state index contributed by atoms with van der Waals surface area (Å²) in [7, 11) is 0. The first-order valence-corrected chi connectivity index (χ1v) is 7.57. The van der Waals surface area contributed by atoms with Crippen molar-refractivity contribution in [2.75, 3.05) is 26.2 Å². The zero-order chi connectivity index (χ0) is 15.6. The Balaban J connectivity index is 1.59. The summed E-state index contributed by atoms with van der Waals surface area (Å²) in [6, 6.07) is 9.33. The van der Waals surface area contributed by atoms with Crippen LogP contribution in [0.15, 0.2) is 30.3 Å². The molecule has 0 aromatic heterocycles. The van der Waals surface area contributed by atoms with E-state index in [-0.39, 0.29) is 19.7 Å². The zero-order valence-corrected chi connectivity index (χ0v) is 12.4. The van der Waals surface area contributed by atoms with E-state index in [0.717, 1.165) is 5.56 Å². The van der Waals surface area contributed by atoms with E-state index in [0.29, 0.717) is 25.9 Å². The van der Waals surface area contributed by atoms with E-state index in [1.54, 1.807) is 0 Å². The molecule has 0 aliphatic carbocycles. The summed E-state index contributed by atoms with van der Waals surface area (Å²) in [6.45, 7) is 0.849. The molecule has 0 saturated carbocycles. The van der Waals surface area contributed by atoms with Crippen LogP contribution in [0, 0.1) is 5.41 Å². The summed E-state index contributed by atoms with van der Waals surface area (Å²) in [5, 5.41) is 2.73. The molecule has 22 heavy (non-hydrogen) atoms. The Morgan fingerprint density at radius 3 is 2.77 bits per heavy atom. The number of rotatable bonds is 2. The fourth-order valence-corrected chi connectivity index (χ4v) is 3.28. The molecule has 2 fully saturated rings. The van der Waals surface area contributed by atoms with Crippen LogP contribution in [0.4, 0.5) is 13.6 Å². The molecule has 2 aliphatic heterocycles. The Kier molecular flexibility index (Phi) is 4.04. The number of halogens is 2. The normalized spacial score (nSPS) is 27.1. The minimum Gasteiger partial charge on any atom is -0.445 e. The highest BCUT2D eigenvalue weighted by Gasteiger charge is 2.58. The molecular weight excluding hydrogens is 290 g/mol. The van der Waals surface area contributed by atoms with E-state index in [1.807, 2.05) is 30.3 Å². The van der Waals surface area contributed by atoms with Gasteiger partial charge in [-0.1, -0.05) is 30.3 Å². The standard InChI is InChI=1S/C16H20F2N2O2/c17-16(18)11-19-8-6-15(16)7-9-20(12-15)14(21)22-10-13-4-2-1-3-5-13/h1-5,19H,6-12H2. The van der Waals surface area contributed by atoms with Gasteiger partial charge in [-0.05, 0) is 24.9 Å². The minimum atomic E-state index is -2.78. The van der Waals surface area contributed by atoms with Gasteiger partial charge < -0.3 is 15.0 Å². The van der Waals surface area contributed by atoms with Crippen LogP contribution in [0.25, 0.3) is 0 Å².